The molecule has 0 saturated carbocycles. The standard InChI is InChI=1S/C21H23NO3/c1-3-22(4-2)17-10-11-18-16(13-21(24)25-20(18)14-17)12-19(23)15-8-6-5-7-9-15/h5-11,13-14,19,23H,3-4,12H2,1-2H3/t19-/m1/s1. The molecular weight excluding hydrogens is 314 g/mol. The van der Waals surface area contributed by atoms with E-state index in [1.54, 1.807) is 0 Å². The van der Waals surface area contributed by atoms with Crippen LogP contribution < -0.4 is 10.5 Å². The van der Waals surface area contributed by atoms with Crippen LogP contribution in [0.2, 0.25) is 0 Å². The fourth-order valence-corrected chi connectivity index (χ4v) is 3.17. The first-order valence-electron chi connectivity index (χ1n) is 8.67. The molecule has 0 aliphatic rings. The molecule has 25 heavy (non-hydrogen) atoms. The number of aliphatic hydroxyl groups is 1. The number of aliphatic hydroxyl groups excluding tert-OH is 1. The molecule has 2 aromatic carbocycles. The average Bonchev–Trinajstić information content (AvgIpc) is 2.63. The van der Waals surface area contributed by atoms with Crippen molar-refractivity contribution in [3.05, 3.63) is 76.1 Å². The lowest BCUT2D eigenvalue weighted by molar-refractivity contribution is 0.178. The maximum Gasteiger partial charge on any atom is 0.336 e. The summed E-state index contributed by atoms with van der Waals surface area (Å²) in [7, 11) is 0. The first-order chi connectivity index (χ1) is 12.1. The molecule has 4 heteroatoms. The van der Waals surface area contributed by atoms with E-state index in [1.165, 1.54) is 6.07 Å². The Morgan fingerprint density at radius 3 is 2.44 bits per heavy atom. The van der Waals surface area contributed by atoms with E-state index in [0.29, 0.717) is 12.0 Å². The molecule has 0 amide bonds. The van der Waals surface area contributed by atoms with Crippen LogP contribution in [0.1, 0.15) is 31.1 Å². The van der Waals surface area contributed by atoms with Gasteiger partial charge in [-0.15, -0.1) is 0 Å². The molecule has 0 aliphatic heterocycles. The lowest BCUT2D eigenvalue weighted by Crippen LogP contribution is -2.21. The second-order valence-electron chi connectivity index (χ2n) is 6.07. The van der Waals surface area contributed by atoms with Crippen LogP contribution >= 0.6 is 0 Å². The molecule has 4 nitrogen and oxygen atoms in total. The molecule has 1 N–H and O–H groups in total. The fourth-order valence-electron chi connectivity index (χ4n) is 3.17. The smallest absolute Gasteiger partial charge is 0.336 e. The highest BCUT2D eigenvalue weighted by Crippen LogP contribution is 2.27. The summed E-state index contributed by atoms with van der Waals surface area (Å²) in [6.07, 6.45) is -0.287. The number of hydrogen-bond donors (Lipinski definition) is 1. The van der Waals surface area contributed by atoms with E-state index in [1.807, 2.05) is 48.5 Å². The van der Waals surface area contributed by atoms with Crippen molar-refractivity contribution in [1.82, 2.24) is 0 Å². The van der Waals surface area contributed by atoms with Crippen LogP contribution in [-0.4, -0.2) is 18.2 Å². The van der Waals surface area contributed by atoms with Gasteiger partial charge in [0.1, 0.15) is 5.58 Å². The minimum absolute atomic E-state index is 0.372. The summed E-state index contributed by atoms with van der Waals surface area (Å²) in [6.45, 7) is 5.96. The second-order valence-corrected chi connectivity index (χ2v) is 6.07. The summed E-state index contributed by atoms with van der Waals surface area (Å²) in [6, 6.07) is 16.9. The third-order valence-electron chi connectivity index (χ3n) is 4.54. The van der Waals surface area contributed by atoms with Crippen molar-refractivity contribution in [3.63, 3.8) is 0 Å². The van der Waals surface area contributed by atoms with Gasteiger partial charge >= 0.3 is 5.63 Å². The quantitative estimate of drug-likeness (QED) is 0.693. The Balaban J connectivity index is 1.99. The Morgan fingerprint density at radius 2 is 1.76 bits per heavy atom. The normalized spacial score (nSPS) is 12.3. The number of benzene rings is 2. The van der Waals surface area contributed by atoms with Crippen LogP contribution in [0.4, 0.5) is 5.69 Å². The third kappa shape index (κ3) is 3.74. The lowest BCUT2D eigenvalue weighted by Gasteiger charge is -2.21. The van der Waals surface area contributed by atoms with Gasteiger partial charge < -0.3 is 14.4 Å². The maximum absolute atomic E-state index is 12.0. The molecule has 1 heterocycles. The van der Waals surface area contributed by atoms with Crippen LogP contribution in [-0.2, 0) is 6.42 Å². The van der Waals surface area contributed by atoms with Crippen molar-refractivity contribution < 1.29 is 9.52 Å². The van der Waals surface area contributed by atoms with E-state index in [0.717, 1.165) is 35.3 Å². The monoisotopic (exact) mass is 337 g/mol. The summed E-state index contributed by atoms with van der Waals surface area (Å²) in [5, 5.41) is 11.4. The van der Waals surface area contributed by atoms with Gasteiger partial charge in [0.15, 0.2) is 0 Å². The zero-order valence-corrected chi connectivity index (χ0v) is 14.6. The topological polar surface area (TPSA) is 53.7 Å². The van der Waals surface area contributed by atoms with E-state index in [4.69, 9.17) is 4.42 Å². The highest BCUT2D eigenvalue weighted by molar-refractivity contribution is 5.83. The van der Waals surface area contributed by atoms with Gasteiger partial charge in [0, 0.05) is 42.7 Å². The summed E-state index contributed by atoms with van der Waals surface area (Å²) >= 11 is 0. The Labute approximate surface area is 147 Å². The van der Waals surface area contributed by atoms with Gasteiger partial charge in [-0.05, 0) is 37.1 Å². The number of fused-ring (bicyclic) bond motifs is 1. The van der Waals surface area contributed by atoms with Crippen molar-refractivity contribution >= 4 is 16.7 Å². The van der Waals surface area contributed by atoms with Crippen LogP contribution in [0, 0.1) is 0 Å². The zero-order valence-electron chi connectivity index (χ0n) is 14.6. The van der Waals surface area contributed by atoms with Crippen LogP contribution in [0.15, 0.2) is 63.8 Å². The minimum Gasteiger partial charge on any atom is -0.423 e. The molecule has 0 spiro atoms. The highest BCUT2D eigenvalue weighted by Gasteiger charge is 2.14. The molecule has 0 saturated heterocycles. The third-order valence-corrected chi connectivity index (χ3v) is 4.54. The van der Waals surface area contributed by atoms with Gasteiger partial charge in [-0.25, -0.2) is 4.79 Å². The van der Waals surface area contributed by atoms with Gasteiger partial charge in [-0.1, -0.05) is 30.3 Å². The highest BCUT2D eigenvalue weighted by atomic mass is 16.4. The molecule has 1 aromatic heterocycles. The first-order valence-corrected chi connectivity index (χ1v) is 8.67. The molecule has 1 atom stereocenters. The molecule has 0 unspecified atom stereocenters. The lowest BCUT2D eigenvalue weighted by atomic mass is 9.99. The van der Waals surface area contributed by atoms with Crippen molar-refractivity contribution in [2.75, 3.05) is 18.0 Å². The molecular formula is C21H23NO3. The number of nitrogens with zero attached hydrogens (tertiary/aromatic N) is 1. The number of rotatable bonds is 6. The average molecular weight is 337 g/mol. The Hall–Kier alpha value is -2.59. The predicted octanol–water partition coefficient (Wildman–Crippen LogP) is 3.92. The van der Waals surface area contributed by atoms with Crippen LogP contribution in [0.5, 0.6) is 0 Å². The minimum atomic E-state index is -0.659. The van der Waals surface area contributed by atoms with E-state index in [2.05, 4.69) is 18.7 Å². The van der Waals surface area contributed by atoms with Crippen molar-refractivity contribution in [2.45, 2.75) is 26.4 Å². The summed E-state index contributed by atoms with van der Waals surface area (Å²) in [5.74, 6) is 0. The van der Waals surface area contributed by atoms with Gasteiger partial charge in [0.05, 0.1) is 6.10 Å². The molecule has 0 radical (unpaired) electrons. The summed E-state index contributed by atoms with van der Waals surface area (Å²) in [5.41, 5.74) is 2.84. The summed E-state index contributed by atoms with van der Waals surface area (Å²) < 4.78 is 5.41. The largest absolute Gasteiger partial charge is 0.423 e. The molecule has 3 aromatic rings. The molecule has 0 bridgehead atoms. The zero-order chi connectivity index (χ0) is 17.8. The maximum atomic E-state index is 12.0. The van der Waals surface area contributed by atoms with Gasteiger partial charge in [-0.2, -0.15) is 0 Å². The Kier molecular flexibility index (Phi) is 5.19. The van der Waals surface area contributed by atoms with E-state index >= 15 is 0 Å². The number of hydrogen-bond acceptors (Lipinski definition) is 4. The van der Waals surface area contributed by atoms with E-state index in [-0.39, 0.29) is 5.63 Å². The summed E-state index contributed by atoms with van der Waals surface area (Å²) in [4.78, 5) is 14.2. The Morgan fingerprint density at radius 1 is 1.04 bits per heavy atom. The SMILES string of the molecule is CCN(CC)c1ccc2c(C[C@@H](O)c3ccccc3)cc(=O)oc2c1. The first kappa shape index (κ1) is 17.2. The molecule has 130 valence electrons. The second kappa shape index (κ2) is 7.53. The molecule has 0 aliphatic carbocycles. The van der Waals surface area contributed by atoms with Crippen LogP contribution in [0.25, 0.3) is 11.0 Å². The van der Waals surface area contributed by atoms with Gasteiger partial charge in [0.2, 0.25) is 0 Å². The van der Waals surface area contributed by atoms with E-state index in [9.17, 15) is 9.90 Å². The molecule has 0 fully saturated rings. The fraction of sp³-hybridized carbons (Fsp3) is 0.286. The molecule has 3 rings (SSSR count). The number of anilines is 1. The van der Waals surface area contributed by atoms with Crippen LogP contribution in [0.3, 0.4) is 0 Å². The van der Waals surface area contributed by atoms with Gasteiger partial charge in [0.25, 0.3) is 0 Å². The van der Waals surface area contributed by atoms with Crippen molar-refractivity contribution in [2.24, 2.45) is 0 Å². The Bertz CT molecular complexity index is 898. The van der Waals surface area contributed by atoms with Gasteiger partial charge in [-0.3, -0.25) is 0 Å². The van der Waals surface area contributed by atoms with Crippen molar-refractivity contribution in [1.29, 1.82) is 0 Å². The van der Waals surface area contributed by atoms with E-state index < -0.39 is 6.10 Å². The van der Waals surface area contributed by atoms with Crippen molar-refractivity contribution in [3.8, 4) is 0 Å². The predicted molar refractivity (Wildman–Crippen MR) is 101 cm³/mol.